The fraction of sp³-hybridized carbons (Fsp3) is 0. The Morgan fingerprint density at radius 3 is 1.00 bits per heavy atom. The molecule has 5 heteroatoms. The zero-order chi connectivity index (χ0) is 0. The molecule has 0 amide bonds. The summed E-state index contributed by atoms with van der Waals surface area (Å²) in [7, 11) is 0. The maximum Gasteiger partial charge on any atom is 0.187 e. The quantitative estimate of drug-likeness (QED) is 0.304. The zero-order valence-corrected chi connectivity index (χ0v) is 10.4. The number of hydrogen-bond donors (Lipinski definition) is 0. The zero-order valence-electron chi connectivity index (χ0n) is 1.52. The first-order valence-corrected chi connectivity index (χ1v) is 0. The van der Waals surface area contributed by atoms with Gasteiger partial charge in [0.2, 0.25) is 0 Å². The van der Waals surface area contributed by atoms with Gasteiger partial charge in [-0.15, -0.1) is 0 Å². The van der Waals surface area contributed by atoms with Gasteiger partial charge in [0.05, 0.1) is 0 Å². The van der Waals surface area contributed by atoms with Crippen molar-refractivity contribution in [3.8, 4) is 0 Å². The summed E-state index contributed by atoms with van der Waals surface area (Å²) in [6.45, 7) is 0. The van der Waals surface area contributed by atoms with Gasteiger partial charge in [0, 0.05) is 148 Å². The molecule has 3 radical (unpaired) electrons. The van der Waals surface area contributed by atoms with Crippen LogP contribution in [0.1, 0.15) is 0 Å². The van der Waals surface area contributed by atoms with Crippen LogP contribution in [-0.4, -0.2) is 17.4 Å². The Bertz CT molecular complexity index is 11.6. The minimum atomic E-state index is 0. The van der Waals surface area contributed by atoms with Crippen LogP contribution in [0.25, 0.3) is 0 Å². The first-order valence-electron chi connectivity index (χ1n) is 0. The van der Waals surface area contributed by atoms with Crippen molar-refractivity contribution in [3.63, 3.8) is 0 Å². The molecule has 5 heavy (non-hydrogen) atoms. The molecule has 41 valence electrons. The van der Waals surface area contributed by atoms with Crippen molar-refractivity contribution in [1.29, 1.82) is 0 Å². The van der Waals surface area contributed by atoms with E-state index in [4.69, 9.17) is 0 Å². The standard InChI is InChI=1S/Al.Gd.Lu.Tb.Y.3H. The number of hydrogen-bond acceptors (Lipinski definition) is 0. The van der Waals surface area contributed by atoms with E-state index in [0.29, 0.717) is 0 Å². The Morgan fingerprint density at radius 2 is 1.00 bits per heavy atom. The SMILES string of the molecule is [AlH3].[Gd].[Lu].[Tb].[Y]. The van der Waals surface area contributed by atoms with Crippen molar-refractivity contribution in [2.45, 2.75) is 0 Å². The summed E-state index contributed by atoms with van der Waals surface area (Å²) in [4.78, 5) is 0. The van der Waals surface area contributed by atoms with Crippen LogP contribution in [0.2, 0.25) is 0 Å². The minimum Gasteiger partial charge on any atom is 0 e. The van der Waals surface area contributed by atoms with Gasteiger partial charge in [-0.2, -0.15) is 0 Å². The maximum absolute atomic E-state index is 0. The topological polar surface area (TPSA) is 0 Å². The monoisotopic (exact) mass is 611 g/mol. The Morgan fingerprint density at radius 1 is 1.00 bits per heavy atom. The molecule has 0 aliphatic heterocycles. The second-order valence-electron chi connectivity index (χ2n) is 0. The third kappa shape index (κ3) is 17.7. The van der Waals surface area contributed by atoms with Crippen LogP contribution in [0.5, 0.6) is 0 Å². The fourth-order valence-electron chi connectivity index (χ4n) is 0. The molecule has 0 heterocycles. The van der Waals surface area contributed by atoms with Crippen LogP contribution in [0.4, 0.5) is 0 Å². The summed E-state index contributed by atoms with van der Waals surface area (Å²) in [5.41, 5.74) is 0. The average molecular weight is 610 g/mol. The van der Waals surface area contributed by atoms with Gasteiger partial charge in [-0.05, 0) is 0 Å². The molecule has 0 aromatic carbocycles. The molecular weight excluding hydrogens is 607 g/mol. The molecule has 0 aromatic rings. The Kier molecular flexibility index (Phi) is 142. The second-order valence-corrected chi connectivity index (χ2v) is 0. The molecule has 0 fully saturated rings. The van der Waals surface area contributed by atoms with Crippen molar-refractivity contribution < 1.29 is 148 Å². The summed E-state index contributed by atoms with van der Waals surface area (Å²) in [6, 6.07) is 0. The van der Waals surface area contributed by atoms with Crippen LogP contribution in [-0.2, 0) is 32.7 Å². The molecule has 0 atom stereocenters. The van der Waals surface area contributed by atoms with Crippen LogP contribution in [0, 0.1) is 115 Å². The van der Waals surface area contributed by atoms with Crippen LogP contribution in [0.3, 0.4) is 0 Å². The molecule has 0 spiro atoms. The molecule has 0 saturated heterocycles. The van der Waals surface area contributed by atoms with E-state index in [9.17, 15) is 0 Å². The van der Waals surface area contributed by atoms with Crippen molar-refractivity contribution in [2.24, 2.45) is 0 Å². The van der Waals surface area contributed by atoms with E-state index in [2.05, 4.69) is 0 Å². The predicted molar refractivity (Wildman–Crippen MR) is 9.94 cm³/mol. The summed E-state index contributed by atoms with van der Waals surface area (Å²) in [5, 5.41) is 0. The first-order chi connectivity index (χ1) is 0. The summed E-state index contributed by atoms with van der Waals surface area (Å²) >= 11 is 0. The van der Waals surface area contributed by atoms with Gasteiger partial charge in [0.1, 0.15) is 0 Å². The van der Waals surface area contributed by atoms with E-state index >= 15 is 0 Å². The van der Waals surface area contributed by atoms with Gasteiger partial charge >= 0.3 is 0 Å². The summed E-state index contributed by atoms with van der Waals surface area (Å²) in [6.07, 6.45) is 0. The molecule has 0 rings (SSSR count). The molecule has 0 unspecified atom stereocenters. The Labute approximate surface area is 160 Å². The van der Waals surface area contributed by atoms with E-state index in [0.717, 1.165) is 0 Å². The van der Waals surface area contributed by atoms with Gasteiger partial charge < -0.3 is 0 Å². The second kappa shape index (κ2) is 22.7. The average Bonchev–Trinajstić information content (AvgIpc) is 0. The smallest absolute Gasteiger partial charge is 0 e. The van der Waals surface area contributed by atoms with Crippen molar-refractivity contribution in [3.05, 3.63) is 0 Å². The van der Waals surface area contributed by atoms with Crippen molar-refractivity contribution >= 4 is 17.4 Å². The first kappa shape index (κ1) is 31.4. The maximum atomic E-state index is 0. The van der Waals surface area contributed by atoms with Gasteiger partial charge in [0.15, 0.2) is 17.4 Å². The Hall–Kier alpha value is 5.48. The van der Waals surface area contributed by atoms with Crippen molar-refractivity contribution in [1.82, 2.24) is 0 Å². The van der Waals surface area contributed by atoms with Crippen LogP contribution >= 0.6 is 0 Å². The van der Waals surface area contributed by atoms with Gasteiger partial charge in [-0.1, -0.05) is 0 Å². The van der Waals surface area contributed by atoms with E-state index in [1.807, 2.05) is 0 Å². The van der Waals surface area contributed by atoms with Crippen LogP contribution < -0.4 is 0 Å². The van der Waals surface area contributed by atoms with Gasteiger partial charge in [0.25, 0.3) is 0 Å². The number of rotatable bonds is 0. The Balaban J connectivity index is 0. The van der Waals surface area contributed by atoms with E-state index < -0.39 is 0 Å². The minimum absolute atomic E-state index is 0. The van der Waals surface area contributed by atoms with E-state index in [-0.39, 0.29) is 165 Å². The van der Waals surface area contributed by atoms with Gasteiger partial charge in [-0.3, -0.25) is 0 Å². The molecule has 0 aliphatic carbocycles. The van der Waals surface area contributed by atoms with Crippen LogP contribution in [0.15, 0.2) is 0 Å². The third-order valence-electron chi connectivity index (χ3n) is 0. The summed E-state index contributed by atoms with van der Waals surface area (Å²) in [5.74, 6) is 0. The normalized spacial score (nSPS) is 0. The van der Waals surface area contributed by atoms with E-state index in [1.54, 1.807) is 0 Å². The molecule has 0 saturated carbocycles. The third-order valence-corrected chi connectivity index (χ3v) is 0. The summed E-state index contributed by atoms with van der Waals surface area (Å²) < 4.78 is 0. The molecular formula is H3AlGdLuTbY. The predicted octanol–water partition coefficient (Wildman–Crippen LogP) is -1.19. The molecule has 0 bridgehead atoms. The van der Waals surface area contributed by atoms with E-state index in [1.165, 1.54) is 0 Å². The largest absolute Gasteiger partial charge is 0.187 e. The van der Waals surface area contributed by atoms with Crippen molar-refractivity contribution in [2.75, 3.05) is 0 Å². The fourth-order valence-corrected chi connectivity index (χ4v) is 0. The van der Waals surface area contributed by atoms with Gasteiger partial charge in [-0.25, -0.2) is 0 Å². The molecule has 0 aromatic heterocycles. The molecule has 0 aliphatic rings. The molecule has 0 nitrogen and oxygen atoms in total. The molecule has 0 N–H and O–H groups in total.